The minimum Gasteiger partial charge on any atom is -0.493 e. The van der Waals surface area contributed by atoms with E-state index in [1.807, 2.05) is 12.1 Å². The summed E-state index contributed by atoms with van der Waals surface area (Å²) in [6, 6.07) is 3.76. The van der Waals surface area contributed by atoms with E-state index >= 15 is 0 Å². The highest BCUT2D eigenvalue weighted by Gasteiger charge is 2.14. The van der Waals surface area contributed by atoms with Gasteiger partial charge in [0.05, 0.1) is 18.4 Å². The molecule has 1 aromatic rings. The van der Waals surface area contributed by atoms with E-state index in [1.54, 1.807) is 6.20 Å². The summed E-state index contributed by atoms with van der Waals surface area (Å²) >= 11 is 0. The van der Waals surface area contributed by atoms with Crippen LogP contribution in [0.25, 0.3) is 0 Å². The van der Waals surface area contributed by atoms with E-state index in [0.29, 0.717) is 5.92 Å². The van der Waals surface area contributed by atoms with Crippen LogP contribution < -0.4 is 4.74 Å². The number of nitrogens with zero attached hydrogens (tertiary/aromatic N) is 1. The number of hydrogen-bond acceptors (Lipinski definition) is 3. The van der Waals surface area contributed by atoms with Gasteiger partial charge in [-0.3, -0.25) is 4.98 Å². The lowest BCUT2D eigenvalue weighted by atomic mass is 9.90. The Morgan fingerprint density at radius 3 is 2.89 bits per heavy atom. The zero-order chi connectivity index (χ0) is 13.5. The minimum atomic E-state index is -0.469. The maximum absolute atomic E-state index is 9.94. The van der Waals surface area contributed by atoms with Gasteiger partial charge in [-0.1, -0.05) is 32.6 Å². The Bertz CT molecular complexity index is 375. The summed E-state index contributed by atoms with van der Waals surface area (Å²) in [5, 5.41) is 9.94. The molecule has 1 unspecified atom stereocenters. The number of ether oxygens (including phenoxy) is 1. The molecule has 3 nitrogen and oxygen atoms in total. The van der Waals surface area contributed by atoms with Gasteiger partial charge in [-0.15, -0.1) is 0 Å². The molecule has 19 heavy (non-hydrogen) atoms. The average Bonchev–Trinajstić information content (AvgIpc) is 2.47. The smallest absolute Gasteiger partial charge is 0.122 e. The van der Waals surface area contributed by atoms with Gasteiger partial charge in [0.1, 0.15) is 5.75 Å². The molecule has 1 aliphatic rings. The van der Waals surface area contributed by atoms with E-state index < -0.39 is 6.10 Å². The van der Waals surface area contributed by atoms with Crippen LogP contribution in [-0.2, 0) is 0 Å². The van der Waals surface area contributed by atoms with Crippen LogP contribution in [0.5, 0.6) is 5.75 Å². The van der Waals surface area contributed by atoms with Crippen molar-refractivity contribution in [3.05, 3.63) is 24.0 Å². The molecule has 0 saturated heterocycles. The zero-order valence-electron chi connectivity index (χ0n) is 11.8. The molecule has 0 aromatic carbocycles. The predicted octanol–water partition coefficient (Wildman–Crippen LogP) is 3.87. The molecular formula is C16H25NO2. The molecular weight excluding hydrogens is 238 g/mol. The standard InChI is InChI=1S/C16H25NO2/c1-2-6-16(18)15-11-14(9-10-17-15)19-12-13-7-4-3-5-8-13/h9-11,13,16,18H,2-8,12H2,1H3. The van der Waals surface area contributed by atoms with Crippen molar-refractivity contribution in [1.29, 1.82) is 0 Å². The largest absolute Gasteiger partial charge is 0.493 e. The van der Waals surface area contributed by atoms with Crippen LogP contribution in [-0.4, -0.2) is 16.7 Å². The van der Waals surface area contributed by atoms with Crippen molar-refractivity contribution in [1.82, 2.24) is 4.98 Å². The monoisotopic (exact) mass is 263 g/mol. The Morgan fingerprint density at radius 1 is 1.37 bits per heavy atom. The molecule has 2 rings (SSSR count). The molecule has 1 aliphatic carbocycles. The zero-order valence-corrected chi connectivity index (χ0v) is 11.8. The fourth-order valence-electron chi connectivity index (χ4n) is 2.69. The lowest BCUT2D eigenvalue weighted by molar-refractivity contribution is 0.160. The quantitative estimate of drug-likeness (QED) is 0.847. The van der Waals surface area contributed by atoms with Gasteiger partial charge in [-0.05, 0) is 31.2 Å². The van der Waals surface area contributed by atoms with E-state index in [-0.39, 0.29) is 0 Å². The second kappa shape index (κ2) is 7.49. The number of hydrogen-bond donors (Lipinski definition) is 1. The lowest BCUT2D eigenvalue weighted by Crippen LogP contribution is -2.15. The molecule has 0 amide bonds. The number of pyridine rings is 1. The molecule has 0 aliphatic heterocycles. The molecule has 106 valence electrons. The van der Waals surface area contributed by atoms with Crippen molar-refractivity contribution in [3.8, 4) is 5.75 Å². The molecule has 1 N–H and O–H groups in total. The molecule has 1 atom stereocenters. The molecule has 3 heteroatoms. The Kier molecular flexibility index (Phi) is 5.64. The van der Waals surface area contributed by atoms with Gasteiger partial charge in [0.2, 0.25) is 0 Å². The average molecular weight is 263 g/mol. The first-order valence-corrected chi connectivity index (χ1v) is 7.56. The Morgan fingerprint density at radius 2 is 2.16 bits per heavy atom. The maximum atomic E-state index is 9.94. The van der Waals surface area contributed by atoms with E-state index in [2.05, 4.69) is 11.9 Å². The van der Waals surface area contributed by atoms with E-state index in [1.165, 1.54) is 32.1 Å². The van der Waals surface area contributed by atoms with Crippen LogP contribution in [0.2, 0.25) is 0 Å². The first kappa shape index (κ1) is 14.3. The van der Waals surface area contributed by atoms with Gasteiger partial charge in [0.15, 0.2) is 0 Å². The summed E-state index contributed by atoms with van der Waals surface area (Å²) in [5.41, 5.74) is 0.725. The van der Waals surface area contributed by atoms with Gasteiger partial charge >= 0.3 is 0 Å². The molecule has 0 radical (unpaired) electrons. The highest BCUT2D eigenvalue weighted by Crippen LogP contribution is 2.25. The van der Waals surface area contributed by atoms with Gasteiger partial charge in [-0.25, -0.2) is 0 Å². The molecule has 0 spiro atoms. The fourth-order valence-corrected chi connectivity index (χ4v) is 2.69. The van der Waals surface area contributed by atoms with Crippen LogP contribution in [0.15, 0.2) is 18.3 Å². The fraction of sp³-hybridized carbons (Fsp3) is 0.688. The summed E-state index contributed by atoms with van der Waals surface area (Å²) in [5.74, 6) is 1.54. The lowest BCUT2D eigenvalue weighted by Gasteiger charge is -2.21. The van der Waals surface area contributed by atoms with Crippen molar-refractivity contribution >= 4 is 0 Å². The van der Waals surface area contributed by atoms with Crippen molar-refractivity contribution in [3.63, 3.8) is 0 Å². The van der Waals surface area contributed by atoms with Gasteiger partial charge < -0.3 is 9.84 Å². The third kappa shape index (κ3) is 4.50. The van der Waals surface area contributed by atoms with Gasteiger partial charge in [-0.2, -0.15) is 0 Å². The summed E-state index contributed by atoms with van der Waals surface area (Å²) in [7, 11) is 0. The normalized spacial score (nSPS) is 18.2. The Balaban J connectivity index is 1.87. The van der Waals surface area contributed by atoms with Crippen molar-refractivity contribution < 1.29 is 9.84 Å². The number of aromatic nitrogens is 1. The summed E-state index contributed by atoms with van der Waals surface area (Å²) in [4.78, 5) is 4.22. The Labute approximate surface area is 116 Å². The SMILES string of the molecule is CCCC(O)c1cc(OCC2CCCCC2)ccn1. The number of rotatable bonds is 6. The third-order valence-electron chi connectivity index (χ3n) is 3.87. The van der Waals surface area contributed by atoms with Crippen molar-refractivity contribution in [2.45, 2.75) is 58.0 Å². The number of aliphatic hydroxyl groups is 1. The first-order valence-electron chi connectivity index (χ1n) is 7.56. The van der Waals surface area contributed by atoms with Crippen LogP contribution in [0.4, 0.5) is 0 Å². The summed E-state index contributed by atoms with van der Waals surface area (Å²) in [6.07, 6.45) is 9.59. The summed E-state index contributed by atoms with van der Waals surface area (Å²) < 4.78 is 5.86. The maximum Gasteiger partial charge on any atom is 0.122 e. The van der Waals surface area contributed by atoms with Crippen molar-refractivity contribution in [2.24, 2.45) is 5.92 Å². The van der Waals surface area contributed by atoms with Crippen LogP contribution in [0.1, 0.15) is 63.7 Å². The van der Waals surface area contributed by atoms with E-state index in [0.717, 1.165) is 30.9 Å². The highest BCUT2D eigenvalue weighted by atomic mass is 16.5. The molecule has 1 heterocycles. The van der Waals surface area contributed by atoms with Gasteiger partial charge in [0.25, 0.3) is 0 Å². The second-order valence-corrected chi connectivity index (χ2v) is 5.54. The van der Waals surface area contributed by atoms with Crippen LogP contribution in [0.3, 0.4) is 0 Å². The van der Waals surface area contributed by atoms with Gasteiger partial charge in [0, 0.05) is 12.3 Å². The van der Waals surface area contributed by atoms with E-state index in [9.17, 15) is 5.11 Å². The van der Waals surface area contributed by atoms with Crippen molar-refractivity contribution in [2.75, 3.05) is 6.61 Å². The van der Waals surface area contributed by atoms with E-state index in [4.69, 9.17) is 4.74 Å². The Hall–Kier alpha value is -1.09. The highest BCUT2D eigenvalue weighted by molar-refractivity contribution is 5.23. The molecule has 0 bridgehead atoms. The molecule has 1 saturated carbocycles. The molecule has 1 fully saturated rings. The molecule has 1 aromatic heterocycles. The number of aliphatic hydroxyl groups excluding tert-OH is 1. The third-order valence-corrected chi connectivity index (χ3v) is 3.87. The topological polar surface area (TPSA) is 42.4 Å². The first-order chi connectivity index (χ1) is 9.29. The van der Waals surface area contributed by atoms with Crippen LogP contribution in [0, 0.1) is 5.92 Å². The second-order valence-electron chi connectivity index (χ2n) is 5.54. The summed E-state index contributed by atoms with van der Waals surface area (Å²) in [6.45, 7) is 2.86. The predicted molar refractivity (Wildman–Crippen MR) is 76.2 cm³/mol. The van der Waals surface area contributed by atoms with Crippen LogP contribution >= 0.6 is 0 Å². The minimum absolute atomic E-state index is 0.469.